The minimum atomic E-state index is -3.35. The summed E-state index contributed by atoms with van der Waals surface area (Å²) in [6.07, 6.45) is 8.67. The maximum atomic E-state index is 12.2. The van der Waals surface area contributed by atoms with Gasteiger partial charge in [0.15, 0.2) is 0 Å². The van der Waals surface area contributed by atoms with Gasteiger partial charge in [0.1, 0.15) is 6.33 Å². The Morgan fingerprint density at radius 2 is 1.78 bits per heavy atom. The molecule has 1 aromatic heterocycles. The third-order valence-electron chi connectivity index (χ3n) is 3.39. The predicted octanol–water partition coefficient (Wildman–Crippen LogP) is 3.04. The number of rotatable bonds is 7. The van der Waals surface area contributed by atoms with Crippen molar-refractivity contribution in [2.75, 3.05) is 17.1 Å². The van der Waals surface area contributed by atoms with Crippen LogP contribution < -0.4 is 4.31 Å². The van der Waals surface area contributed by atoms with Gasteiger partial charge in [-0.1, -0.05) is 13.3 Å². The number of sulfonamides is 1. The van der Waals surface area contributed by atoms with Crippen molar-refractivity contribution in [1.29, 1.82) is 0 Å². The molecule has 0 fully saturated rings. The van der Waals surface area contributed by atoms with E-state index in [1.165, 1.54) is 16.9 Å². The lowest BCUT2D eigenvalue weighted by Crippen LogP contribution is -2.32. The molecule has 2 aromatic rings. The maximum absolute atomic E-state index is 12.2. The van der Waals surface area contributed by atoms with Gasteiger partial charge in [-0.3, -0.25) is 4.31 Å². The molecule has 0 radical (unpaired) electrons. The van der Waals surface area contributed by atoms with E-state index in [1.54, 1.807) is 12.4 Å². The molecular weight excluding hydrogens is 425 g/mol. The largest absolute Gasteiger partial charge is 0.270 e. The van der Waals surface area contributed by atoms with Gasteiger partial charge in [-0.15, -0.1) is 0 Å². The topological polar surface area (TPSA) is 63.2 Å². The third-order valence-corrected chi connectivity index (χ3v) is 5.20. The van der Waals surface area contributed by atoms with Crippen LogP contribution in [0.25, 0.3) is 0 Å². The molecule has 0 saturated heterocycles. The van der Waals surface area contributed by atoms with E-state index in [9.17, 15) is 8.42 Å². The molecule has 7 heteroatoms. The monoisotopic (exact) mass is 445 g/mol. The van der Waals surface area contributed by atoms with Crippen LogP contribution >= 0.6 is 22.6 Å². The number of benzene rings is 1. The zero-order chi connectivity index (χ0) is 16.9. The molecule has 0 unspecified atom stereocenters. The SMILES string of the molecule is CCCc1cc(I)cc(N(CCc2cncnc2)S(C)(=O)=O)c1. The van der Waals surface area contributed by atoms with E-state index >= 15 is 0 Å². The van der Waals surface area contributed by atoms with Gasteiger partial charge in [-0.25, -0.2) is 18.4 Å². The average Bonchev–Trinajstić information content (AvgIpc) is 2.47. The number of aromatic nitrogens is 2. The summed E-state index contributed by atoms with van der Waals surface area (Å²) in [4.78, 5) is 7.94. The van der Waals surface area contributed by atoms with Crippen molar-refractivity contribution in [3.63, 3.8) is 0 Å². The van der Waals surface area contributed by atoms with Crippen LogP contribution in [0.1, 0.15) is 24.5 Å². The van der Waals surface area contributed by atoms with Crippen molar-refractivity contribution in [2.45, 2.75) is 26.2 Å². The molecule has 0 bridgehead atoms. The van der Waals surface area contributed by atoms with Crippen molar-refractivity contribution < 1.29 is 8.42 Å². The number of hydrogen-bond donors (Lipinski definition) is 0. The third kappa shape index (κ3) is 5.42. The Morgan fingerprint density at radius 3 is 2.39 bits per heavy atom. The molecule has 2 rings (SSSR count). The highest BCUT2D eigenvalue weighted by molar-refractivity contribution is 14.1. The first-order valence-electron chi connectivity index (χ1n) is 7.41. The number of aryl methyl sites for hydroxylation is 1. The van der Waals surface area contributed by atoms with Crippen molar-refractivity contribution in [3.05, 3.63) is 51.6 Å². The molecule has 0 aliphatic heterocycles. The van der Waals surface area contributed by atoms with Gasteiger partial charge >= 0.3 is 0 Å². The Morgan fingerprint density at radius 1 is 1.09 bits per heavy atom. The van der Waals surface area contributed by atoms with Crippen LogP contribution in [0.4, 0.5) is 5.69 Å². The summed E-state index contributed by atoms with van der Waals surface area (Å²) < 4.78 is 27.0. The molecule has 0 atom stereocenters. The molecule has 1 aromatic carbocycles. The van der Waals surface area contributed by atoms with E-state index in [1.807, 2.05) is 12.1 Å². The van der Waals surface area contributed by atoms with E-state index in [-0.39, 0.29) is 0 Å². The molecular formula is C16H20IN3O2S. The van der Waals surface area contributed by atoms with Crippen LogP contribution in [0, 0.1) is 3.57 Å². The molecule has 1 heterocycles. The van der Waals surface area contributed by atoms with Crippen LogP contribution in [-0.4, -0.2) is 31.2 Å². The second-order valence-electron chi connectivity index (χ2n) is 5.40. The number of nitrogens with zero attached hydrogens (tertiary/aromatic N) is 3. The second-order valence-corrected chi connectivity index (χ2v) is 8.55. The second kappa shape index (κ2) is 8.05. The van der Waals surface area contributed by atoms with Crippen molar-refractivity contribution in [2.24, 2.45) is 0 Å². The van der Waals surface area contributed by atoms with Crippen LogP contribution in [-0.2, 0) is 22.9 Å². The Balaban J connectivity index is 2.28. The van der Waals surface area contributed by atoms with E-state index in [0.717, 1.165) is 33.2 Å². The summed E-state index contributed by atoms with van der Waals surface area (Å²) in [5.74, 6) is 0. The Hall–Kier alpha value is -1.22. The standard InChI is InChI=1S/C16H20IN3O2S/c1-3-4-13-7-15(17)9-16(8-13)20(23(2,21)22)6-5-14-10-18-12-19-11-14/h7-12H,3-6H2,1-2H3. The summed E-state index contributed by atoms with van der Waals surface area (Å²) in [5, 5.41) is 0. The Bertz CT molecular complexity index is 751. The van der Waals surface area contributed by atoms with E-state index < -0.39 is 10.0 Å². The minimum absolute atomic E-state index is 0.373. The fourth-order valence-electron chi connectivity index (χ4n) is 2.39. The van der Waals surface area contributed by atoms with Gasteiger partial charge in [0, 0.05) is 22.5 Å². The molecule has 0 amide bonds. The summed E-state index contributed by atoms with van der Waals surface area (Å²) in [6.45, 7) is 2.49. The first-order valence-corrected chi connectivity index (χ1v) is 10.3. The van der Waals surface area contributed by atoms with Gasteiger partial charge in [-0.2, -0.15) is 0 Å². The van der Waals surface area contributed by atoms with Gasteiger partial charge in [0.25, 0.3) is 0 Å². The predicted molar refractivity (Wildman–Crippen MR) is 101 cm³/mol. The lowest BCUT2D eigenvalue weighted by molar-refractivity contribution is 0.596. The molecule has 0 spiro atoms. The van der Waals surface area contributed by atoms with Crippen LogP contribution in [0.5, 0.6) is 0 Å². The van der Waals surface area contributed by atoms with Crippen LogP contribution in [0.2, 0.25) is 0 Å². The normalized spacial score (nSPS) is 11.4. The Labute approximate surface area is 151 Å². The van der Waals surface area contributed by atoms with E-state index in [4.69, 9.17) is 0 Å². The van der Waals surface area contributed by atoms with Gasteiger partial charge < -0.3 is 0 Å². The lowest BCUT2D eigenvalue weighted by atomic mass is 10.1. The van der Waals surface area contributed by atoms with E-state index in [0.29, 0.717) is 13.0 Å². The molecule has 0 aliphatic rings. The number of halogens is 1. The van der Waals surface area contributed by atoms with Crippen LogP contribution in [0.3, 0.4) is 0 Å². The Kier molecular flexibility index (Phi) is 6.34. The number of hydrogen-bond acceptors (Lipinski definition) is 4. The molecule has 0 aliphatic carbocycles. The first-order chi connectivity index (χ1) is 10.9. The zero-order valence-electron chi connectivity index (χ0n) is 13.2. The van der Waals surface area contributed by atoms with Gasteiger partial charge in [0.2, 0.25) is 10.0 Å². The lowest BCUT2D eigenvalue weighted by Gasteiger charge is -2.23. The minimum Gasteiger partial charge on any atom is -0.270 e. The zero-order valence-corrected chi connectivity index (χ0v) is 16.2. The summed E-state index contributed by atoms with van der Waals surface area (Å²) >= 11 is 2.23. The fourth-order valence-corrected chi connectivity index (χ4v) is 4.02. The van der Waals surface area contributed by atoms with Crippen LogP contribution in [0.15, 0.2) is 36.9 Å². The number of anilines is 1. The highest BCUT2D eigenvalue weighted by Crippen LogP contribution is 2.24. The van der Waals surface area contributed by atoms with Crippen molar-refractivity contribution in [3.8, 4) is 0 Å². The summed E-state index contributed by atoms with van der Waals surface area (Å²) in [7, 11) is -3.35. The van der Waals surface area contributed by atoms with Gasteiger partial charge in [0.05, 0.1) is 11.9 Å². The molecule has 23 heavy (non-hydrogen) atoms. The quantitative estimate of drug-likeness (QED) is 0.615. The smallest absolute Gasteiger partial charge is 0.232 e. The average molecular weight is 445 g/mol. The maximum Gasteiger partial charge on any atom is 0.232 e. The first kappa shape index (κ1) is 18.1. The van der Waals surface area contributed by atoms with Gasteiger partial charge in [-0.05, 0) is 64.8 Å². The summed E-state index contributed by atoms with van der Waals surface area (Å²) in [6, 6.07) is 5.97. The van der Waals surface area contributed by atoms with Crippen molar-refractivity contribution >= 4 is 38.3 Å². The van der Waals surface area contributed by atoms with Crippen molar-refractivity contribution in [1.82, 2.24) is 9.97 Å². The highest BCUT2D eigenvalue weighted by atomic mass is 127. The molecule has 0 N–H and O–H groups in total. The summed E-state index contributed by atoms with van der Waals surface area (Å²) in [5.41, 5.74) is 2.80. The van der Waals surface area contributed by atoms with E-state index in [2.05, 4.69) is 45.5 Å². The molecule has 0 saturated carbocycles. The highest BCUT2D eigenvalue weighted by Gasteiger charge is 2.18. The molecule has 124 valence electrons. The molecule has 5 nitrogen and oxygen atoms in total. The fraction of sp³-hybridized carbons (Fsp3) is 0.375.